The first-order valence-electron chi connectivity index (χ1n) is 10.3. The lowest BCUT2D eigenvalue weighted by atomic mass is 10.0. The van der Waals surface area contributed by atoms with E-state index >= 15 is 0 Å². The van der Waals surface area contributed by atoms with Gasteiger partial charge in [0.1, 0.15) is 17.4 Å². The molecule has 0 fully saturated rings. The van der Waals surface area contributed by atoms with Gasteiger partial charge in [0, 0.05) is 18.0 Å². The monoisotopic (exact) mass is 448 g/mol. The van der Waals surface area contributed by atoms with Crippen molar-refractivity contribution in [1.29, 1.82) is 0 Å². The Morgan fingerprint density at radius 3 is 2.53 bits per heavy atom. The van der Waals surface area contributed by atoms with Gasteiger partial charge in [-0.25, -0.2) is 4.79 Å². The summed E-state index contributed by atoms with van der Waals surface area (Å²) >= 11 is 0. The smallest absolute Gasteiger partial charge is 0.340 e. The minimum atomic E-state index is -1.09. The van der Waals surface area contributed by atoms with Gasteiger partial charge in [0.15, 0.2) is 0 Å². The van der Waals surface area contributed by atoms with E-state index in [-0.39, 0.29) is 42.2 Å². The van der Waals surface area contributed by atoms with Crippen LogP contribution in [0.2, 0.25) is 0 Å². The average molecular weight is 448 g/mol. The maximum Gasteiger partial charge on any atom is 0.340 e. The molecule has 174 valence electrons. The van der Waals surface area contributed by atoms with Crippen LogP contribution >= 0.6 is 0 Å². The Bertz CT molecular complexity index is 1050. The number of nitrogens with zero attached hydrogens (tertiary/aromatic N) is 1. The van der Waals surface area contributed by atoms with Crippen molar-refractivity contribution in [3.8, 4) is 5.75 Å². The van der Waals surface area contributed by atoms with Crippen molar-refractivity contribution >= 4 is 28.8 Å². The number of carbonyl (C=O) groups is 3. The molecule has 32 heavy (non-hydrogen) atoms. The van der Waals surface area contributed by atoms with Crippen molar-refractivity contribution in [3.63, 3.8) is 0 Å². The Balaban J connectivity index is 1.88. The van der Waals surface area contributed by atoms with Crippen LogP contribution in [0.15, 0.2) is 27.4 Å². The van der Waals surface area contributed by atoms with Crippen molar-refractivity contribution in [1.82, 2.24) is 10.2 Å². The molecule has 0 spiro atoms. The normalized spacial score (nSPS) is 12.1. The van der Waals surface area contributed by atoms with Gasteiger partial charge in [0.05, 0.1) is 18.5 Å². The Labute approximate surface area is 184 Å². The number of nitrogens with one attached hydrogen (secondary N) is 1. The molecule has 1 unspecified atom stereocenters. The summed E-state index contributed by atoms with van der Waals surface area (Å²) in [4.78, 5) is 48.3. The Morgan fingerprint density at radius 1 is 1.19 bits per heavy atom. The fourth-order valence-electron chi connectivity index (χ4n) is 3.58. The van der Waals surface area contributed by atoms with Crippen molar-refractivity contribution in [2.75, 3.05) is 19.6 Å². The van der Waals surface area contributed by atoms with E-state index in [1.165, 1.54) is 17.0 Å². The van der Waals surface area contributed by atoms with Gasteiger partial charge in [0.2, 0.25) is 5.91 Å². The van der Waals surface area contributed by atoms with Gasteiger partial charge in [-0.1, -0.05) is 6.92 Å². The van der Waals surface area contributed by atoms with E-state index in [4.69, 9.17) is 9.52 Å². The van der Waals surface area contributed by atoms with Crippen LogP contribution in [0.5, 0.6) is 5.75 Å². The van der Waals surface area contributed by atoms with E-state index in [1.807, 2.05) is 0 Å². The fourth-order valence-corrected chi connectivity index (χ4v) is 3.58. The molecule has 0 aliphatic heterocycles. The number of phenols is 1. The maximum absolute atomic E-state index is 12.3. The van der Waals surface area contributed by atoms with E-state index in [9.17, 15) is 29.4 Å². The number of carboxylic acids is 2. The molecule has 0 bridgehead atoms. The minimum Gasteiger partial charge on any atom is -0.508 e. The summed E-state index contributed by atoms with van der Waals surface area (Å²) in [5.74, 6) is -2.56. The van der Waals surface area contributed by atoms with Crippen molar-refractivity contribution in [2.45, 2.75) is 45.6 Å². The molecule has 1 heterocycles. The molecule has 2 rings (SSSR count). The molecule has 10 heteroatoms. The summed E-state index contributed by atoms with van der Waals surface area (Å²) in [7, 11) is 0. The van der Waals surface area contributed by atoms with Crippen LogP contribution in [0.4, 0.5) is 0 Å². The zero-order chi connectivity index (χ0) is 23.8. The van der Waals surface area contributed by atoms with Gasteiger partial charge >= 0.3 is 17.6 Å². The lowest BCUT2D eigenvalue weighted by Crippen LogP contribution is -2.44. The topological polar surface area (TPSA) is 157 Å². The summed E-state index contributed by atoms with van der Waals surface area (Å²) in [6.07, 6.45) is 1.08. The molecule has 10 nitrogen and oxygen atoms in total. The number of aliphatic carboxylic acids is 2. The van der Waals surface area contributed by atoms with Crippen molar-refractivity contribution in [3.05, 3.63) is 39.7 Å². The van der Waals surface area contributed by atoms with Gasteiger partial charge in [-0.3, -0.25) is 19.3 Å². The molecule has 0 saturated carbocycles. The Hall–Kier alpha value is -3.40. The second-order valence-corrected chi connectivity index (χ2v) is 7.51. The number of carbonyl (C=O) groups excluding carboxylic acids is 1. The summed E-state index contributed by atoms with van der Waals surface area (Å²) in [6, 6.07) is 3.53. The zero-order valence-corrected chi connectivity index (χ0v) is 18.1. The Kier molecular flexibility index (Phi) is 8.77. The number of unbranched alkanes of at least 4 members (excludes halogenated alkanes) is 1. The molecular formula is C22H28N2O8. The molecule has 0 saturated heterocycles. The van der Waals surface area contributed by atoms with Crippen LogP contribution in [0.3, 0.4) is 0 Å². The number of fused-ring (bicyclic) bond motifs is 1. The predicted molar refractivity (Wildman–Crippen MR) is 116 cm³/mol. The van der Waals surface area contributed by atoms with E-state index in [2.05, 4.69) is 5.32 Å². The summed E-state index contributed by atoms with van der Waals surface area (Å²) < 4.78 is 5.21. The first-order chi connectivity index (χ1) is 15.1. The molecular weight excluding hydrogens is 420 g/mol. The molecule has 1 aromatic heterocycles. The van der Waals surface area contributed by atoms with Gasteiger partial charge < -0.3 is 25.1 Å². The zero-order valence-electron chi connectivity index (χ0n) is 18.1. The molecule has 0 aliphatic rings. The third-order valence-corrected chi connectivity index (χ3v) is 5.31. The highest BCUT2D eigenvalue weighted by molar-refractivity contribution is 5.85. The van der Waals surface area contributed by atoms with Crippen molar-refractivity contribution < 1.29 is 34.1 Å². The predicted octanol–water partition coefficient (Wildman–Crippen LogP) is 1.50. The van der Waals surface area contributed by atoms with E-state index in [1.54, 1.807) is 19.9 Å². The highest BCUT2D eigenvalue weighted by Crippen LogP contribution is 2.23. The number of phenolic OH excluding ortho intramolecular Hbond substituents is 1. The van der Waals surface area contributed by atoms with Gasteiger partial charge in [-0.05, 0) is 50.4 Å². The number of likely N-dealkylation sites (N-methyl/N-ethyl adjacent to an activating group) is 1. The van der Waals surface area contributed by atoms with E-state index in [0.717, 1.165) is 0 Å². The van der Waals surface area contributed by atoms with Crippen LogP contribution in [0.1, 0.15) is 37.3 Å². The number of hydrogen-bond donors (Lipinski definition) is 4. The fraction of sp³-hybridized carbons (Fsp3) is 0.455. The number of aryl methyl sites for hydroxylation is 1. The third-order valence-electron chi connectivity index (χ3n) is 5.31. The highest BCUT2D eigenvalue weighted by Gasteiger charge is 2.25. The SMILES string of the molecule is CCN(CC(=O)O)C(CCCCNC(=O)Cc1c(C)c2ccc(O)cc2oc1=O)C(=O)O. The molecule has 4 N–H and O–H groups in total. The molecule has 0 aliphatic carbocycles. The second kappa shape index (κ2) is 11.3. The summed E-state index contributed by atoms with van der Waals surface area (Å²) in [5.41, 5.74) is 0.444. The van der Waals surface area contributed by atoms with Crippen LogP contribution in [-0.2, 0) is 20.8 Å². The summed E-state index contributed by atoms with van der Waals surface area (Å²) in [5, 5.41) is 31.2. The first kappa shape index (κ1) is 24.9. The van der Waals surface area contributed by atoms with Gasteiger partial charge in [0.25, 0.3) is 0 Å². The standard InChI is InChI=1S/C22H28N2O8/c1-3-24(12-20(27)28)17(21(29)30)6-4-5-9-23-19(26)11-16-13(2)15-8-7-14(25)10-18(15)32-22(16)31/h7-8,10,17,25H,3-6,9,11-12H2,1-2H3,(H,23,26)(H,27,28)(H,29,30). The van der Waals surface area contributed by atoms with E-state index < -0.39 is 23.6 Å². The highest BCUT2D eigenvalue weighted by atomic mass is 16.4. The van der Waals surface area contributed by atoms with Crippen LogP contribution in [0, 0.1) is 6.92 Å². The third kappa shape index (κ3) is 6.55. The number of rotatable bonds is 12. The number of carboxylic acid groups (broad SMARTS) is 2. The minimum absolute atomic E-state index is 0.0271. The maximum atomic E-state index is 12.3. The van der Waals surface area contributed by atoms with E-state index in [0.29, 0.717) is 36.9 Å². The van der Waals surface area contributed by atoms with Crippen LogP contribution < -0.4 is 10.9 Å². The number of hydrogen-bond acceptors (Lipinski definition) is 7. The number of aromatic hydroxyl groups is 1. The van der Waals surface area contributed by atoms with Crippen LogP contribution in [0.25, 0.3) is 11.0 Å². The lowest BCUT2D eigenvalue weighted by molar-refractivity contribution is -0.146. The number of amides is 1. The molecule has 1 atom stereocenters. The molecule has 1 aromatic carbocycles. The average Bonchev–Trinajstić information content (AvgIpc) is 2.71. The molecule has 1 amide bonds. The number of benzene rings is 1. The quantitative estimate of drug-likeness (QED) is 0.279. The molecule has 0 radical (unpaired) electrons. The molecule has 2 aromatic rings. The van der Waals surface area contributed by atoms with Gasteiger partial charge in [-0.2, -0.15) is 0 Å². The van der Waals surface area contributed by atoms with Gasteiger partial charge in [-0.15, -0.1) is 0 Å². The second-order valence-electron chi connectivity index (χ2n) is 7.51. The lowest BCUT2D eigenvalue weighted by Gasteiger charge is -2.25. The summed E-state index contributed by atoms with van der Waals surface area (Å²) in [6.45, 7) is 3.65. The van der Waals surface area contributed by atoms with Crippen molar-refractivity contribution in [2.24, 2.45) is 0 Å². The van der Waals surface area contributed by atoms with Crippen LogP contribution in [-0.4, -0.2) is 63.7 Å². The Morgan fingerprint density at radius 2 is 1.91 bits per heavy atom. The first-order valence-corrected chi connectivity index (χ1v) is 10.3. The largest absolute Gasteiger partial charge is 0.508 e.